The van der Waals surface area contributed by atoms with Crippen LogP contribution in [0, 0.1) is 0 Å². The predicted octanol–water partition coefficient (Wildman–Crippen LogP) is 1.29. The van der Waals surface area contributed by atoms with Gasteiger partial charge in [-0.15, -0.1) is 0 Å². The zero-order valence-electron chi connectivity index (χ0n) is 7.56. The van der Waals surface area contributed by atoms with Crippen molar-refractivity contribution in [1.82, 2.24) is 5.32 Å². The van der Waals surface area contributed by atoms with Crippen molar-refractivity contribution in [3.63, 3.8) is 0 Å². The third-order valence-corrected chi connectivity index (χ3v) is 2.69. The van der Waals surface area contributed by atoms with Gasteiger partial charge in [0.2, 0.25) is 0 Å². The number of rotatable bonds is 4. The largest absolute Gasteiger partial charge is 0.392 e. The average Bonchev–Trinajstić information content (AvgIpc) is 1.96. The van der Waals surface area contributed by atoms with E-state index in [-0.39, 0.29) is 6.10 Å². The number of aliphatic hydroxyl groups excluding tert-OH is 1. The highest BCUT2D eigenvalue weighted by Gasteiger charge is 2.30. The molecule has 0 radical (unpaired) electrons. The summed E-state index contributed by atoms with van der Waals surface area (Å²) in [6.45, 7) is 5.00. The maximum absolute atomic E-state index is 9.28. The van der Waals surface area contributed by atoms with E-state index in [4.69, 9.17) is 0 Å². The molecule has 1 unspecified atom stereocenters. The Hall–Kier alpha value is -0.0800. The standard InChI is InChI=1S/C9H19NO/c1-3-8(11)7-10-9(2)5-4-6-9/h8,10-11H,3-7H2,1-2H3. The molecule has 1 aliphatic rings. The van der Waals surface area contributed by atoms with Crippen LogP contribution in [0.1, 0.15) is 39.5 Å². The van der Waals surface area contributed by atoms with Crippen LogP contribution >= 0.6 is 0 Å². The first-order chi connectivity index (χ1) is 5.16. The van der Waals surface area contributed by atoms with Crippen LogP contribution in [0.3, 0.4) is 0 Å². The molecule has 0 aromatic carbocycles. The van der Waals surface area contributed by atoms with E-state index in [1.165, 1.54) is 19.3 Å². The highest BCUT2D eigenvalue weighted by atomic mass is 16.3. The number of aliphatic hydroxyl groups is 1. The van der Waals surface area contributed by atoms with Gasteiger partial charge >= 0.3 is 0 Å². The molecule has 1 rings (SSSR count). The molecule has 0 heterocycles. The second kappa shape index (κ2) is 3.55. The first-order valence-corrected chi connectivity index (χ1v) is 4.59. The molecule has 0 amide bonds. The molecule has 0 saturated heterocycles. The van der Waals surface area contributed by atoms with Crippen molar-refractivity contribution >= 4 is 0 Å². The van der Waals surface area contributed by atoms with E-state index in [0.29, 0.717) is 5.54 Å². The molecule has 1 fully saturated rings. The normalized spacial score (nSPS) is 24.3. The van der Waals surface area contributed by atoms with E-state index in [1.54, 1.807) is 0 Å². The van der Waals surface area contributed by atoms with Gasteiger partial charge in [-0.2, -0.15) is 0 Å². The van der Waals surface area contributed by atoms with Gasteiger partial charge in [0, 0.05) is 12.1 Å². The molecule has 0 bridgehead atoms. The van der Waals surface area contributed by atoms with E-state index < -0.39 is 0 Å². The molecule has 0 spiro atoms. The highest BCUT2D eigenvalue weighted by Crippen LogP contribution is 2.30. The lowest BCUT2D eigenvalue weighted by molar-refractivity contribution is 0.128. The van der Waals surface area contributed by atoms with Gasteiger partial charge < -0.3 is 10.4 Å². The van der Waals surface area contributed by atoms with Crippen LogP contribution in [-0.4, -0.2) is 23.3 Å². The lowest BCUT2D eigenvalue weighted by Crippen LogP contribution is -2.50. The van der Waals surface area contributed by atoms with Gasteiger partial charge in [0.25, 0.3) is 0 Å². The summed E-state index contributed by atoms with van der Waals surface area (Å²) in [5, 5.41) is 12.7. The number of nitrogens with one attached hydrogen (secondary N) is 1. The van der Waals surface area contributed by atoms with E-state index in [0.717, 1.165) is 13.0 Å². The maximum Gasteiger partial charge on any atom is 0.0662 e. The molecule has 1 atom stereocenters. The summed E-state index contributed by atoms with van der Waals surface area (Å²) >= 11 is 0. The fourth-order valence-electron chi connectivity index (χ4n) is 1.39. The van der Waals surface area contributed by atoms with Crippen molar-refractivity contribution in [2.24, 2.45) is 0 Å². The van der Waals surface area contributed by atoms with E-state index in [9.17, 15) is 5.11 Å². The van der Waals surface area contributed by atoms with Crippen LogP contribution in [0.25, 0.3) is 0 Å². The molecule has 0 aromatic rings. The summed E-state index contributed by atoms with van der Waals surface area (Å²) in [6.07, 6.45) is 4.56. The monoisotopic (exact) mass is 157 g/mol. The van der Waals surface area contributed by atoms with Gasteiger partial charge in [0.05, 0.1) is 6.10 Å². The smallest absolute Gasteiger partial charge is 0.0662 e. The molecule has 2 nitrogen and oxygen atoms in total. The zero-order valence-corrected chi connectivity index (χ0v) is 7.56. The van der Waals surface area contributed by atoms with Crippen LogP contribution in [0.5, 0.6) is 0 Å². The Morgan fingerprint density at radius 1 is 1.55 bits per heavy atom. The quantitative estimate of drug-likeness (QED) is 0.644. The summed E-state index contributed by atoms with van der Waals surface area (Å²) in [5.41, 5.74) is 0.343. The minimum atomic E-state index is -0.160. The first-order valence-electron chi connectivity index (χ1n) is 4.59. The number of hydrogen-bond donors (Lipinski definition) is 2. The Labute approximate surface area is 69.0 Å². The lowest BCUT2D eigenvalue weighted by Gasteiger charge is -2.40. The van der Waals surface area contributed by atoms with E-state index in [2.05, 4.69) is 12.2 Å². The molecule has 11 heavy (non-hydrogen) atoms. The number of β-amino-alcohol motifs (C(OH)–C–C–N with tert-alkyl or cyclic N) is 1. The third-order valence-electron chi connectivity index (χ3n) is 2.69. The Morgan fingerprint density at radius 3 is 2.55 bits per heavy atom. The Morgan fingerprint density at radius 2 is 2.18 bits per heavy atom. The molecular formula is C9H19NO. The second-order valence-corrected chi connectivity index (χ2v) is 3.86. The second-order valence-electron chi connectivity index (χ2n) is 3.86. The zero-order chi connectivity index (χ0) is 8.32. The molecular weight excluding hydrogens is 138 g/mol. The summed E-state index contributed by atoms with van der Waals surface area (Å²) in [7, 11) is 0. The molecule has 2 N–H and O–H groups in total. The van der Waals surface area contributed by atoms with Crippen LogP contribution in [0.4, 0.5) is 0 Å². The van der Waals surface area contributed by atoms with Crippen molar-refractivity contribution in [2.45, 2.75) is 51.2 Å². The maximum atomic E-state index is 9.28. The Balaban J connectivity index is 2.11. The van der Waals surface area contributed by atoms with Crippen molar-refractivity contribution < 1.29 is 5.11 Å². The van der Waals surface area contributed by atoms with E-state index >= 15 is 0 Å². The average molecular weight is 157 g/mol. The van der Waals surface area contributed by atoms with Gasteiger partial charge in [0.1, 0.15) is 0 Å². The molecule has 1 aliphatic carbocycles. The number of hydrogen-bond acceptors (Lipinski definition) is 2. The van der Waals surface area contributed by atoms with Crippen molar-refractivity contribution in [2.75, 3.05) is 6.54 Å². The van der Waals surface area contributed by atoms with E-state index in [1.807, 2.05) is 6.92 Å². The van der Waals surface area contributed by atoms with Gasteiger partial charge in [-0.05, 0) is 32.6 Å². The van der Waals surface area contributed by atoms with Crippen LogP contribution in [-0.2, 0) is 0 Å². The summed E-state index contributed by atoms with van der Waals surface area (Å²) in [6, 6.07) is 0. The predicted molar refractivity (Wildman–Crippen MR) is 46.6 cm³/mol. The topological polar surface area (TPSA) is 32.3 Å². The Bertz CT molecular complexity index is 121. The third kappa shape index (κ3) is 2.46. The lowest BCUT2D eigenvalue weighted by atomic mass is 9.78. The van der Waals surface area contributed by atoms with Gasteiger partial charge in [-0.3, -0.25) is 0 Å². The van der Waals surface area contributed by atoms with Crippen molar-refractivity contribution in [1.29, 1.82) is 0 Å². The summed E-state index contributed by atoms with van der Waals surface area (Å²) in [4.78, 5) is 0. The van der Waals surface area contributed by atoms with Crippen LogP contribution in [0.2, 0.25) is 0 Å². The molecule has 1 saturated carbocycles. The molecule has 0 aliphatic heterocycles. The van der Waals surface area contributed by atoms with Crippen molar-refractivity contribution in [3.05, 3.63) is 0 Å². The van der Waals surface area contributed by atoms with Gasteiger partial charge in [0.15, 0.2) is 0 Å². The van der Waals surface area contributed by atoms with Gasteiger partial charge in [-0.1, -0.05) is 6.92 Å². The molecule has 2 heteroatoms. The highest BCUT2D eigenvalue weighted by molar-refractivity contribution is 4.91. The SMILES string of the molecule is CCC(O)CNC1(C)CCC1. The fourth-order valence-corrected chi connectivity index (χ4v) is 1.39. The van der Waals surface area contributed by atoms with Crippen molar-refractivity contribution in [3.8, 4) is 0 Å². The van der Waals surface area contributed by atoms with Crippen LogP contribution < -0.4 is 5.32 Å². The minimum Gasteiger partial charge on any atom is -0.392 e. The fraction of sp³-hybridized carbons (Fsp3) is 1.00. The molecule has 66 valence electrons. The molecule has 0 aromatic heterocycles. The summed E-state index contributed by atoms with van der Waals surface area (Å²) in [5.74, 6) is 0. The van der Waals surface area contributed by atoms with Crippen LogP contribution in [0.15, 0.2) is 0 Å². The Kier molecular flexibility index (Phi) is 2.90. The minimum absolute atomic E-state index is 0.160. The summed E-state index contributed by atoms with van der Waals surface area (Å²) < 4.78 is 0. The van der Waals surface area contributed by atoms with Gasteiger partial charge in [-0.25, -0.2) is 0 Å². The first kappa shape index (κ1) is 9.01.